The van der Waals surface area contributed by atoms with Crippen LogP contribution in [0.4, 0.5) is 0 Å². The fourth-order valence-corrected chi connectivity index (χ4v) is 2.99. The predicted octanol–water partition coefficient (Wildman–Crippen LogP) is 4.37. The Balaban J connectivity index is 2.14. The number of allylic oxidation sites excluding steroid dienone is 1. The van der Waals surface area contributed by atoms with Crippen LogP contribution in [0.1, 0.15) is 24.2 Å². The van der Waals surface area contributed by atoms with E-state index in [1.165, 1.54) is 21.1 Å². The number of rotatable bonds is 1. The van der Waals surface area contributed by atoms with Crippen LogP contribution < -0.4 is 0 Å². The molecule has 1 unspecified atom stereocenters. The van der Waals surface area contributed by atoms with Crippen molar-refractivity contribution in [1.82, 2.24) is 0 Å². The summed E-state index contributed by atoms with van der Waals surface area (Å²) >= 11 is 4.29. The fourth-order valence-electron chi connectivity index (χ4n) is 1.46. The van der Waals surface area contributed by atoms with E-state index in [0.29, 0.717) is 5.25 Å². The molecule has 0 bridgehead atoms. The third-order valence-corrected chi connectivity index (χ3v) is 4.21. The summed E-state index contributed by atoms with van der Waals surface area (Å²) in [7, 11) is 0. The van der Waals surface area contributed by atoms with Crippen LogP contribution in [0.5, 0.6) is 0 Å². The third-order valence-electron chi connectivity index (χ3n) is 2.18. The molecular weight excluding hydrogens is 291 g/mol. The minimum Gasteiger partial charge on any atom is -0.126 e. The average molecular weight is 302 g/mol. The molecule has 1 aromatic carbocycles. The quantitative estimate of drug-likeness (QED) is 0.694. The van der Waals surface area contributed by atoms with E-state index >= 15 is 0 Å². The molecule has 1 aliphatic heterocycles. The SMILES string of the molecule is CC1=CSC(c2ccc(I)cc2)C1. The van der Waals surface area contributed by atoms with Crippen LogP contribution in [0.3, 0.4) is 0 Å². The van der Waals surface area contributed by atoms with Crippen molar-refractivity contribution < 1.29 is 0 Å². The van der Waals surface area contributed by atoms with Crippen molar-refractivity contribution in [2.24, 2.45) is 0 Å². The molecule has 0 radical (unpaired) electrons. The van der Waals surface area contributed by atoms with Crippen molar-refractivity contribution in [3.05, 3.63) is 44.4 Å². The van der Waals surface area contributed by atoms with Gasteiger partial charge in [0.25, 0.3) is 0 Å². The lowest BCUT2D eigenvalue weighted by molar-refractivity contribution is 0.939. The first-order valence-corrected chi connectivity index (χ1v) is 6.34. The van der Waals surface area contributed by atoms with Gasteiger partial charge < -0.3 is 0 Å². The van der Waals surface area contributed by atoms with E-state index in [4.69, 9.17) is 0 Å². The topological polar surface area (TPSA) is 0 Å². The van der Waals surface area contributed by atoms with Gasteiger partial charge >= 0.3 is 0 Å². The van der Waals surface area contributed by atoms with E-state index in [9.17, 15) is 0 Å². The highest BCUT2D eigenvalue weighted by molar-refractivity contribution is 14.1. The molecule has 2 heteroatoms. The van der Waals surface area contributed by atoms with Crippen molar-refractivity contribution in [2.75, 3.05) is 0 Å². The first-order chi connectivity index (χ1) is 6.25. The van der Waals surface area contributed by atoms with Gasteiger partial charge in [-0.15, -0.1) is 11.8 Å². The van der Waals surface area contributed by atoms with Crippen LogP contribution >= 0.6 is 34.4 Å². The van der Waals surface area contributed by atoms with Gasteiger partial charge in [-0.3, -0.25) is 0 Å². The zero-order valence-electron chi connectivity index (χ0n) is 7.46. The maximum absolute atomic E-state index is 2.34. The van der Waals surface area contributed by atoms with E-state index in [1.54, 1.807) is 0 Å². The second-order valence-electron chi connectivity index (χ2n) is 3.34. The van der Waals surface area contributed by atoms with Gasteiger partial charge in [0.15, 0.2) is 0 Å². The number of benzene rings is 1. The Morgan fingerprint density at radius 2 is 2.00 bits per heavy atom. The monoisotopic (exact) mass is 302 g/mol. The van der Waals surface area contributed by atoms with Crippen molar-refractivity contribution >= 4 is 34.4 Å². The number of hydrogen-bond donors (Lipinski definition) is 0. The third kappa shape index (κ3) is 2.29. The van der Waals surface area contributed by atoms with Crippen molar-refractivity contribution in [3.63, 3.8) is 0 Å². The maximum Gasteiger partial charge on any atom is 0.0375 e. The van der Waals surface area contributed by atoms with Crippen LogP contribution in [-0.2, 0) is 0 Å². The predicted molar refractivity (Wildman–Crippen MR) is 67.9 cm³/mol. The second-order valence-corrected chi connectivity index (χ2v) is 5.67. The van der Waals surface area contributed by atoms with Gasteiger partial charge in [-0.25, -0.2) is 0 Å². The summed E-state index contributed by atoms with van der Waals surface area (Å²) in [4.78, 5) is 0. The largest absolute Gasteiger partial charge is 0.126 e. The first kappa shape index (κ1) is 9.59. The van der Waals surface area contributed by atoms with Crippen LogP contribution in [0.15, 0.2) is 35.2 Å². The molecule has 1 aromatic rings. The smallest absolute Gasteiger partial charge is 0.0375 e. The summed E-state index contributed by atoms with van der Waals surface area (Å²) in [6, 6.07) is 8.85. The fraction of sp³-hybridized carbons (Fsp3) is 0.273. The normalized spacial score (nSPS) is 21.7. The van der Waals surface area contributed by atoms with Crippen molar-refractivity contribution in [3.8, 4) is 0 Å². The number of halogens is 1. The zero-order valence-corrected chi connectivity index (χ0v) is 10.4. The van der Waals surface area contributed by atoms with E-state index in [1.807, 2.05) is 11.8 Å². The average Bonchev–Trinajstić information content (AvgIpc) is 2.53. The first-order valence-electron chi connectivity index (χ1n) is 4.32. The van der Waals surface area contributed by atoms with Gasteiger partial charge in [0.05, 0.1) is 0 Å². The van der Waals surface area contributed by atoms with Gasteiger partial charge in [0.1, 0.15) is 0 Å². The summed E-state index contributed by atoms with van der Waals surface area (Å²) in [5, 5.41) is 2.94. The minimum atomic E-state index is 0.664. The Labute approximate surface area is 96.9 Å². The van der Waals surface area contributed by atoms with E-state index in [-0.39, 0.29) is 0 Å². The molecule has 1 heterocycles. The highest BCUT2D eigenvalue weighted by atomic mass is 127. The molecule has 0 aromatic heterocycles. The Morgan fingerprint density at radius 3 is 2.54 bits per heavy atom. The van der Waals surface area contributed by atoms with Crippen LogP contribution in [0.2, 0.25) is 0 Å². The molecule has 0 nitrogen and oxygen atoms in total. The molecule has 1 aliphatic rings. The molecule has 0 amide bonds. The van der Waals surface area contributed by atoms with Gasteiger partial charge in [0, 0.05) is 8.82 Å². The van der Waals surface area contributed by atoms with E-state index < -0.39 is 0 Å². The Bertz CT molecular complexity index is 326. The summed E-state index contributed by atoms with van der Waals surface area (Å²) in [5.74, 6) is 0. The zero-order chi connectivity index (χ0) is 9.26. The Hall–Kier alpha value is 0.0400. The molecule has 0 N–H and O–H groups in total. The molecule has 0 fully saturated rings. The number of hydrogen-bond acceptors (Lipinski definition) is 1. The van der Waals surface area contributed by atoms with E-state index in [0.717, 1.165) is 0 Å². The maximum atomic E-state index is 2.34. The molecule has 1 atom stereocenters. The number of thioether (sulfide) groups is 1. The lowest BCUT2D eigenvalue weighted by atomic mass is 10.1. The molecule has 2 rings (SSSR count). The Kier molecular flexibility index (Phi) is 2.99. The summed E-state index contributed by atoms with van der Waals surface area (Å²) < 4.78 is 1.31. The van der Waals surface area contributed by atoms with Gasteiger partial charge in [-0.05, 0) is 59.0 Å². The minimum absolute atomic E-state index is 0.664. The molecule has 0 spiro atoms. The standard InChI is InChI=1S/C11H11IS/c1-8-6-11(13-7-8)9-2-4-10(12)5-3-9/h2-5,7,11H,6H2,1H3. The molecule has 13 heavy (non-hydrogen) atoms. The van der Waals surface area contributed by atoms with Gasteiger partial charge in [-0.2, -0.15) is 0 Å². The second kappa shape index (κ2) is 4.05. The van der Waals surface area contributed by atoms with Crippen molar-refractivity contribution in [1.29, 1.82) is 0 Å². The highest BCUT2D eigenvalue weighted by Crippen LogP contribution is 2.41. The van der Waals surface area contributed by atoms with Crippen LogP contribution in [-0.4, -0.2) is 0 Å². The lowest BCUT2D eigenvalue weighted by Crippen LogP contribution is -1.89. The molecule has 68 valence electrons. The van der Waals surface area contributed by atoms with E-state index in [2.05, 4.69) is 59.2 Å². The lowest BCUT2D eigenvalue weighted by Gasteiger charge is -2.08. The van der Waals surface area contributed by atoms with Crippen LogP contribution in [0.25, 0.3) is 0 Å². The highest BCUT2D eigenvalue weighted by Gasteiger charge is 2.16. The van der Waals surface area contributed by atoms with Crippen LogP contribution in [0, 0.1) is 3.57 Å². The van der Waals surface area contributed by atoms with Gasteiger partial charge in [0.2, 0.25) is 0 Å². The molecular formula is C11H11IS. The summed E-state index contributed by atoms with van der Waals surface area (Å²) in [5.41, 5.74) is 2.96. The molecule has 0 aliphatic carbocycles. The Morgan fingerprint density at radius 1 is 1.31 bits per heavy atom. The molecule has 0 saturated heterocycles. The summed E-state index contributed by atoms with van der Waals surface area (Å²) in [6.45, 7) is 2.21. The van der Waals surface area contributed by atoms with Gasteiger partial charge in [-0.1, -0.05) is 17.7 Å². The molecule has 0 saturated carbocycles. The summed E-state index contributed by atoms with van der Waals surface area (Å²) in [6.07, 6.45) is 1.21. The van der Waals surface area contributed by atoms with Crippen molar-refractivity contribution in [2.45, 2.75) is 18.6 Å².